The molecule has 1 aromatic rings. The fourth-order valence-electron chi connectivity index (χ4n) is 3.37. The Balaban J connectivity index is 1.73. The minimum Gasteiger partial charge on any atom is -0.469 e. The van der Waals surface area contributed by atoms with Gasteiger partial charge in [0.05, 0.1) is 17.2 Å². The van der Waals surface area contributed by atoms with E-state index in [1.54, 1.807) is 19.3 Å². The summed E-state index contributed by atoms with van der Waals surface area (Å²) >= 11 is 0. The second kappa shape index (κ2) is 4.96. The molecule has 2 aliphatic heterocycles. The van der Waals surface area contributed by atoms with Gasteiger partial charge in [0.25, 0.3) is 5.91 Å². The normalized spacial score (nSPS) is 26.6. The molecule has 108 valence electrons. The topological polar surface area (TPSA) is 62.6 Å². The SMILES string of the molecule is Cc1occc1C(=O)N1CCC[C@]2(CCNC2=O)CC1. The zero-order chi connectivity index (χ0) is 14.2. The van der Waals surface area contributed by atoms with Crippen molar-refractivity contribution in [1.82, 2.24) is 10.2 Å². The first-order chi connectivity index (χ1) is 9.62. The van der Waals surface area contributed by atoms with E-state index in [2.05, 4.69) is 5.32 Å². The number of likely N-dealkylation sites (tertiary alicyclic amines) is 1. The van der Waals surface area contributed by atoms with Crippen LogP contribution in [-0.2, 0) is 4.79 Å². The number of furan rings is 1. The molecule has 0 bridgehead atoms. The van der Waals surface area contributed by atoms with Crippen LogP contribution < -0.4 is 5.32 Å². The van der Waals surface area contributed by atoms with Gasteiger partial charge in [-0.3, -0.25) is 9.59 Å². The number of hydrogen-bond donors (Lipinski definition) is 1. The van der Waals surface area contributed by atoms with Crippen molar-refractivity contribution in [2.45, 2.75) is 32.6 Å². The van der Waals surface area contributed by atoms with Gasteiger partial charge in [0, 0.05) is 19.6 Å². The number of hydrogen-bond acceptors (Lipinski definition) is 3. The van der Waals surface area contributed by atoms with Crippen molar-refractivity contribution >= 4 is 11.8 Å². The Morgan fingerprint density at radius 3 is 2.85 bits per heavy atom. The Labute approximate surface area is 118 Å². The molecule has 0 aliphatic carbocycles. The lowest BCUT2D eigenvalue weighted by Crippen LogP contribution is -2.35. The van der Waals surface area contributed by atoms with Crippen molar-refractivity contribution in [3.63, 3.8) is 0 Å². The van der Waals surface area contributed by atoms with Gasteiger partial charge in [0.15, 0.2) is 0 Å². The number of aryl methyl sites for hydroxylation is 1. The van der Waals surface area contributed by atoms with E-state index in [4.69, 9.17) is 4.42 Å². The molecule has 5 heteroatoms. The van der Waals surface area contributed by atoms with Crippen molar-refractivity contribution in [3.05, 3.63) is 23.7 Å². The molecule has 2 aliphatic rings. The third-order valence-electron chi connectivity index (χ3n) is 4.69. The van der Waals surface area contributed by atoms with E-state index >= 15 is 0 Å². The van der Waals surface area contributed by atoms with E-state index in [1.165, 1.54) is 0 Å². The predicted molar refractivity (Wildman–Crippen MR) is 73.3 cm³/mol. The summed E-state index contributed by atoms with van der Waals surface area (Å²) in [6.45, 7) is 3.94. The van der Waals surface area contributed by atoms with Crippen LogP contribution in [-0.4, -0.2) is 36.3 Å². The van der Waals surface area contributed by atoms with Crippen molar-refractivity contribution in [3.8, 4) is 0 Å². The number of carbonyl (C=O) groups is 2. The summed E-state index contributed by atoms with van der Waals surface area (Å²) in [6.07, 6.45) is 4.98. The van der Waals surface area contributed by atoms with Crippen LogP contribution in [0.5, 0.6) is 0 Å². The molecule has 1 aromatic heterocycles. The summed E-state index contributed by atoms with van der Waals surface area (Å²) in [4.78, 5) is 26.4. The van der Waals surface area contributed by atoms with Crippen LogP contribution >= 0.6 is 0 Å². The van der Waals surface area contributed by atoms with Gasteiger partial charge in [0.1, 0.15) is 5.76 Å². The number of carbonyl (C=O) groups excluding carboxylic acids is 2. The van der Waals surface area contributed by atoms with Gasteiger partial charge in [-0.05, 0) is 38.7 Å². The molecule has 2 fully saturated rings. The minimum absolute atomic E-state index is 0.0201. The van der Waals surface area contributed by atoms with E-state index in [9.17, 15) is 9.59 Å². The van der Waals surface area contributed by atoms with Gasteiger partial charge in [-0.25, -0.2) is 0 Å². The first-order valence-corrected chi connectivity index (χ1v) is 7.24. The minimum atomic E-state index is -0.236. The molecule has 1 N–H and O–H groups in total. The first-order valence-electron chi connectivity index (χ1n) is 7.24. The lowest BCUT2D eigenvalue weighted by atomic mass is 9.79. The molecule has 2 saturated heterocycles. The summed E-state index contributed by atoms with van der Waals surface area (Å²) in [5, 5.41) is 2.93. The highest BCUT2D eigenvalue weighted by atomic mass is 16.3. The molecule has 5 nitrogen and oxygen atoms in total. The fourth-order valence-corrected chi connectivity index (χ4v) is 3.37. The van der Waals surface area contributed by atoms with Gasteiger partial charge in [0.2, 0.25) is 5.91 Å². The number of amides is 2. The van der Waals surface area contributed by atoms with Gasteiger partial charge < -0.3 is 14.6 Å². The van der Waals surface area contributed by atoms with E-state index in [0.717, 1.165) is 38.8 Å². The maximum absolute atomic E-state index is 12.5. The van der Waals surface area contributed by atoms with Crippen LogP contribution in [0.4, 0.5) is 0 Å². The monoisotopic (exact) mass is 276 g/mol. The summed E-state index contributed by atoms with van der Waals surface area (Å²) < 4.78 is 5.21. The largest absolute Gasteiger partial charge is 0.469 e. The summed E-state index contributed by atoms with van der Waals surface area (Å²) in [5.74, 6) is 0.852. The highest BCUT2D eigenvalue weighted by molar-refractivity contribution is 5.95. The van der Waals surface area contributed by atoms with Gasteiger partial charge in [-0.2, -0.15) is 0 Å². The van der Waals surface area contributed by atoms with Gasteiger partial charge in [-0.15, -0.1) is 0 Å². The van der Waals surface area contributed by atoms with E-state index < -0.39 is 0 Å². The highest BCUT2D eigenvalue weighted by Gasteiger charge is 2.43. The molecule has 2 amide bonds. The Morgan fingerprint density at radius 1 is 1.35 bits per heavy atom. The van der Waals surface area contributed by atoms with E-state index in [1.807, 2.05) is 4.90 Å². The Kier molecular flexibility index (Phi) is 3.28. The lowest BCUT2D eigenvalue weighted by Gasteiger charge is -2.24. The van der Waals surface area contributed by atoms with Crippen LogP contribution in [0.3, 0.4) is 0 Å². The Bertz CT molecular complexity index is 537. The Morgan fingerprint density at radius 2 is 2.20 bits per heavy atom. The molecule has 1 spiro atoms. The van der Waals surface area contributed by atoms with Crippen LogP contribution in [0.25, 0.3) is 0 Å². The molecule has 3 rings (SSSR count). The molecule has 0 radical (unpaired) electrons. The smallest absolute Gasteiger partial charge is 0.257 e. The second-order valence-electron chi connectivity index (χ2n) is 5.82. The number of rotatable bonds is 1. The molecule has 3 heterocycles. The maximum atomic E-state index is 12.5. The molecule has 0 saturated carbocycles. The number of nitrogens with zero attached hydrogens (tertiary/aromatic N) is 1. The molecule has 20 heavy (non-hydrogen) atoms. The zero-order valence-electron chi connectivity index (χ0n) is 11.8. The number of nitrogens with one attached hydrogen (secondary N) is 1. The van der Waals surface area contributed by atoms with Crippen molar-refractivity contribution < 1.29 is 14.0 Å². The third-order valence-corrected chi connectivity index (χ3v) is 4.69. The summed E-state index contributed by atoms with van der Waals surface area (Å²) in [7, 11) is 0. The van der Waals surface area contributed by atoms with E-state index in [0.29, 0.717) is 17.9 Å². The maximum Gasteiger partial charge on any atom is 0.257 e. The molecular formula is C15H20N2O3. The average Bonchev–Trinajstić information content (AvgIpc) is 2.92. The third kappa shape index (κ3) is 2.11. The molecule has 0 aromatic carbocycles. The first kappa shape index (κ1) is 13.2. The summed E-state index contributed by atoms with van der Waals surface area (Å²) in [6, 6.07) is 1.72. The zero-order valence-corrected chi connectivity index (χ0v) is 11.8. The van der Waals surface area contributed by atoms with Crippen LogP contribution in [0.2, 0.25) is 0 Å². The van der Waals surface area contributed by atoms with Crippen molar-refractivity contribution in [1.29, 1.82) is 0 Å². The lowest BCUT2D eigenvalue weighted by molar-refractivity contribution is -0.128. The van der Waals surface area contributed by atoms with Crippen LogP contribution in [0, 0.1) is 12.3 Å². The molecule has 0 unspecified atom stereocenters. The van der Waals surface area contributed by atoms with Gasteiger partial charge >= 0.3 is 0 Å². The second-order valence-corrected chi connectivity index (χ2v) is 5.82. The molecular weight excluding hydrogens is 256 g/mol. The predicted octanol–water partition coefficient (Wildman–Crippen LogP) is 1.72. The van der Waals surface area contributed by atoms with E-state index in [-0.39, 0.29) is 17.2 Å². The van der Waals surface area contributed by atoms with Crippen molar-refractivity contribution in [2.24, 2.45) is 5.41 Å². The average molecular weight is 276 g/mol. The highest BCUT2D eigenvalue weighted by Crippen LogP contribution is 2.38. The standard InChI is InChI=1S/C15H20N2O3/c1-11-12(3-10-20-11)13(18)17-8-2-4-15(6-9-17)5-7-16-14(15)19/h3,10H,2,4-9H2,1H3,(H,16,19)/t15-/m0/s1. The quantitative estimate of drug-likeness (QED) is 0.849. The fraction of sp³-hybridized carbons (Fsp3) is 0.600. The van der Waals surface area contributed by atoms with Crippen LogP contribution in [0.15, 0.2) is 16.7 Å². The van der Waals surface area contributed by atoms with Crippen molar-refractivity contribution in [2.75, 3.05) is 19.6 Å². The van der Waals surface area contributed by atoms with Gasteiger partial charge in [-0.1, -0.05) is 0 Å². The summed E-state index contributed by atoms with van der Waals surface area (Å²) in [5.41, 5.74) is 0.400. The van der Waals surface area contributed by atoms with Crippen LogP contribution in [0.1, 0.15) is 41.8 Å². The molecule has 1 atom stereocenters. The Hall–Kier alpha value is -1.78.